The molecule has 2 aliphatic heterocycles. The molecule has 0 saturated carbocycles. The van der Waals surface area contributed by atoms with E-state index in [9.17, 15) is 17.6 Å². The number of piperazine rings is 1. The van der Waals surface area contributed by atoms with E-state index < -0.39 is 10.0 Å². The maximum absolute atomic E-state index is 13.5. The van der Waals surface area contributed by atoms with Crippen LogP contribution in [0.25, 0.3) is 10.9 Å². The van der Waals surface area contributed by atoms with Crippen LogP contribution in [0.15, 0.2) is 30.5 Å². The first-order valence-electron chi connectivity index (χ1n) is 11.1. The van der Waals surface area contributed by atoms with E-state index >= 15 is 0 Å². The lowest BCUT2D eigenvalue weighted by Gasteiger charge is -2.39. The standard InChI is InChI=1S/C22H29FN4O4S/c23-18-4-5-19-20(15-18)24-7-6-21(19)25-9-11-26(12-10-25)22(29)17-3-1-8-27(16-17)32(30,31)14-2-13-28/h4-7,15,17,28H,1-3,8-14,16H2. The lowest BCUT2D eigenvalue weighted by atomic mass is 9.97. The van der Waals surface area contributed by atoms with E-state index in [4.69, 9.17) is 5.11 Å². The first-order chi connectivity index (χ1) is 15.4. The largest absolute Gasteiger partial charge is 0.396 e. The van der Waals surface area contributed by atoms with Gasteiger partial charge in [-0.1, -0.05) is 0 Å². The SMILES string of the molecule is O=C(C1CCCN(S(=O)(=O)CCCO)C1)N1CCN(c2ccnc3cc(F)ccc23)CC1. The summed E-state index contributed by atoms with van der Waals surface area (Å²) < 4.78 is 39.9. The van der Waals surface area contributed by atoms with Crippen molar-refractivity contribution in [1.29, 1.82) is 0 Å². The van der Waals surface area contributed by atoms with Crippen molar-refractivity contribution in [1.82, 2.24) is 14.2 Å². The van der Waals surface area contributed by atoms with Gasteiger partial charge >= 0.3 is 0 Å². The molecule has 8 nitrogen and oxygen atoms in total. The van der Waals surface area contributed by atoms with Crippen LogP contribution >= 0.6 is 0 Å². The van der Waals surface area contributed by atoms with Gasteiger partial charge in [0.1, 0.15) is 5.82 Å². The molecule has 174 valence electrons. The fourth-order valence-electron chi connectivity index (χ4n) is 4.58. The predicted molar refractivity (Wildman–Crippen MR) is 120 cm³/mol. The van der Waals surface area contributed by atoms with Crippen molar-refractivity contribution in [2.75, 3.05) is 56.5 Å². The number of hydrogen-bond donors (Lipinski definition) is 1. The Balaban J connectivity index is 1.39. The van der Waals surface area contributed by atoms with Gasteiger partial charge in [0, 0.05) is 69.2 Å². The summed E-state index contributed by atoms with van der Waals surface area (Å²) in [7, 11) is -3.45. The van der Waals surface area contributed by atoms with Crippen LogP contribution in [0, 0.1) is 11.7 Å². The first kappa shape index (κ1) is 22.9. The van der Waals surface area contributed by atoms with E-state index in [1.54, 1.807) is 12.3 Å². The normalized spacial score (nSPS) is 20.6. The van der Waals surface area contributed by atoms with Gasteiger partial charge in [-0.25, -0.2) is 17.1 Å². The Labute approximate surface area is 187 Å². The molecule has 10 heteroatoms. The van der Waals surface area contributed by atoms with Crippen LogP contribution < -0.4 is 4.90 Å². The summed E-state index contributed by atoms with van der Waals surface area (Å²) in [5, 5.41) is 9.82. The number of fused-ring (bicyclic) bond motifs is 1. The lowest BCUT2D eigenvalue weighted by Crippen LogP contribution is -2.53. The predicted octanol–water partition coefficient (Wildman–Crippen LogP) is 1.45. The number of carbonyl (C=O) groups is 1. The molecular weight excluding hydrogens is 435 g/mol. The van der Waals surface area contributed by atoms with Gasteiger partial charge in [-0.05, 0) is 37.5 Å². The van der Waals surface area contributed by atoms with Gasteiger partial charge in [0.05, 0.1) is 17.2 Å². The second-order valence-electron chi connectivity index (χ2n) is 8.39. The molecule has 1 unspecified atom stereocenters. The number of nitrogens with zero attached hydrogens (tertiary/aromatic N) is 4. The Morgan fingerprint density at radius 2 is 1.94 bits per heavy atom. The van der Waals surface area contributed by atoms with Crippen molar-refractivity contribution in [2.45, 2.75) is 19.3 Å². The van der Waals surface area contributed by atoms with Crippen LogP contribution in [0.5, 0.6) is 0 Å². The maximum atomic E-state index is 13.5. The highest BCUT2D eigenvalue weighted by atomic mass is 32.2. The fraction of sp³-hybridized carbons (Fsp3) is 0.545. The number of anilines is 1. The molecule has 1 N–H and O–H groups in total. The molecule has 2 aromatic rings. The molecule has 2 aliphatic rings. The highest BCUT2D eigenvalue weighted by molar-refractivity contribution is 7.89. The second-order valence-corrected chi connectivity index (χ2v) is 10.5. The minimum atomic E-state index is -3.45. The Kier molecular flexibility index (Phi) is 6.92. The third-order valence-electron chi connectivity index (χ3n) is 6.30. The molecule has 0 spiro atoms. The zero-order chi connectivity index (χ0) is 22.7. The van der Waals surface area contributed by atoms with Crippen molar-refractivity contribution < 1.29 is 22.7 Å². The van der Waals surface area contributed by atoms with E-state index in [1.807, 2.05) is 11.0 Å². The molecule has 0 bridgehead atoms. The summed E-state index contributed by atoms with van der Waals surface area (Å²) >= 11 is 0. The van der Waals surface area contributed by atoms with Crippen LogP contribution in [-0.2, 0) is 14.8 Å². The summed E-state index contributed by atoms with van der Waals surface area (Å²) in [5.74, 6) is -0.734. The van der Waals surface area contributed by atoms with Crippen molar-refractivity contribution >= 4 is 32.5 Å². The number of piperidine rings is 1. The molecule has 32 heavy (non-hydrogen) atoms. The second kappa shape index (κ2) is 9.68. The minimum Gasteiger partial charge on any atom is -0.396 e. The molecule has 1 aromatic carbocycles. The average Bonchev–Trinajstić information content (AvgIpc) is 2.82. The van der Waals surface area contributed by atoms with Gasteiger partial charge < -0.3 is 14.9 Å². The van der Waals surface area contributed by atoms with E-state index in [0.717, 1.165) is 11.1 Å². The molecule has 2 saturated heterocycles. The van der Waals surface area contributed by atoms with Crippen LogP contribution in [0.2, 0.25) is 0 Å². The number of aromatic nitrogens is 1. The lowest BCUT2D eigenvalue weighted by molar-refractivity contribution is -0.137. The van der Waals surface area contributed by atoms with Gasteiger partial charge in [0.15, 0.2) is 0 Å². The number of pyridine rings is 1. The van der Waals surface area contributed by atoms with E-state index in [-0.39, 0.29) is 43.0 Å². The monoisotopic (exact) mass is 464 g/mol. The van der Waals surface area contributed by atoms with E-state index in [0.29, 0.717) is 51.1 Å². The summed E-state index contributed by atoms with van der Waals surface area (Å²) in [6, 6.07) is 6.49. The average molecular weight is 465 g/mol. The van der Waals surface area contributed by atoms with Crippen LogP contribution in [0.4, 0.5) is 10.1 Å². The molecule has 4 rings (SSSR count). The highest BCUT2D eigenvalue weighted by Gasteiger charge is 2.35. The van der Waals surface area contributed by atoms with Gasteiger partial charge in [0.2, 0.25) is 15.9 Å². The topological polar surface area (TPSA) is 94.0 Å². The number of aliphatic hydroxyl groups excluding tert-OH is 1. The third kappa shape index (κ3) is 4.87. The molecule has 3 heterocycles. The summed E-state index contributed by atoms with van der Waals surface area (Å²) in [4.78, 5) is 21.4. The van der Waals surface area contributed by atoms with Crippen molar-refractivity contribution in [3.63, 3.8) is 0 Å². The number of benzene rings is 1. The molecule has 1 atom stereocenters. The molecule has 1 aromatic heterocycles. The summed E-state index contributed by atoms with van der Waals surface area (Å²) in [5.41, 5.74) is 1.58. The summed E-state index contributed by atoms with van der Waals surface area (Å²) in [6.07, 6.45) is 3.22. The van der Waals surface area contributed by atoms with Crippen molar-refractivity contribution in [3.8, 4) is 0 Å². The first-order valence-corrected chi connectivity index (χ1v) is 12.7. The van der Waals surface area contributed by atoms with Gasteiger partial charge in [-0.3, -0.25) is 9.78 Å². The minimum absolute atomic E-state index is 0.00775. The Hall–Kier alpha value is -2.30. The number of hydrogen-bond acceptors (Lipinski definition) is 6. The van der Waals surface area contributed by atoms with Crippen LogP contribution in [0.3, 0.4) is 0 Å². The third-order valence-corrected chi connectivity index (χ3v) is 8.22. The van der Waals surface area contributed by atoms with Crippen molar-refractivity contribution in [3.05, 3.63) is 36.3 Å². The Morgan fingerprint density at radius 1 is 1.16 bits per heavy atom. The summed E-state index contributed by atoms with van der Waals surface area (Å²) in [6.45, 7) is 2.88. The molecule has 2 fully saturated rings. The molecule has 1 amide bonds. The van der Waals surface area contributed by atoms with E-state index in [1.165, 1.54) is 16.4 Å². The van der Waals surface area contributed by atoms with Crippen molar-refractivity contribution in [2.24, 2.45) is 5.92 Å². The zero-order valence-corrected chi connectivity index (χ0v) is 18.8. The van der Waals surface area contributed by atoms with Gasteiger partial charge in [-0.15, -0.1) is 0 Å². The smallest absolute Gasteiger partial charge is 0.227 e. The number of amides is 1. The molecular formula is C22H29FN4O4S. The molecule has 0 radical (unpaired) electrons. The van der Waals surface area contributed by atoms with Gasteiger partial charge in [0.25, 0.3) is 0 Å². The molecule has 0 aliphatic carbocycles. The maximum Gasteiger partial charge on any atom is 0.227 e. The fourth-order valence-corrected chi connectivity index (χ4v) is 6.15. The zero-order valence-electron chi connectivity index (χ0n) is 18.0. The van der Waals surface area contributed by atoms with Crippen LogP contribution in [0.1, 0.15) is 19.3 Å². The quantitative estimate of drug-likeness (QED) is 0.696. The highest BCUT2D eigenvalue weighted by Crippen LogP contribution is 2.28. The Morgan fingerprint density at radius 3 is 2.69 bits per heavy atom. The number of halogens is 1. The number of sulfonamides is 1. The van der Waals surface area contributed by atoms with Gasteiger partial charge in [-0.2, -0.15) is 0 Å². The Bertz CT molecular complexity index is 1070. The van der Waals surface area contributed by atoms with E-state index in [2.05, 4.69) is 9.88 Å². The number of aliphatic hydroxyl groups is 1. The number of carbonyl (C=O) groups excluding carboxylic acids is 1. The number of rotatable bonds is 6. The van der Waals surface area contributed by atoms with Crippen LogP contribution in [-0.4, -0.2) is 85.2 Å².